The lowest BCUT2D eigenvalue weighted by molar-refractivity contribution is -0.668. The van der Waals surface area contributed by atoms with Gasteiger partial charge in [-0.2, -0.15) is 13.0 Å². The number of rotatable bonds is 11. The van der Waals surface area contributed by atoms with E-state index in [1.165, 1.54) is 16.2 Å². The molecule has 6 rings (SSSR count). The van der Waals surface area contributed by atoms with Crippen LogP contribution in [0.4, 0.5) is 0 Å². The third kappa shape index (κ3) is 7.29. The van der Waals surface area contributed by atoms with Gasteiger partial charge in [0.1, 0.15) is 9.36 Å². The average Bonchev–Trinajstić information content (AvgIpc) is 3.71. The molecule has 5 aromatic rings. The van der Waals surface area contributed by atoms with Crippen LogP contribution >= 0.6 is 34.4 Å². The Morgan fingerprint density at radius 2 is 1.60 bits per heavy atom. The highest BCUT2D eigenvalue weighted by atomic mass is 32.2. The van der Waals surface area contributed by atoms with E-state index in [0.29, 0.717) is 17.6 Å². The fraction of sp³-hybridized carbons (Fsp3) is 0.167. The van der Waals surface area contributed by atoms with Crippen molar-refractivity contribution in [2.75, 3.05) is 12.3 Å². The van der Waals surface area contributed by atoms with Gasteiger partial charge in [0.25, 0.3) is 20.7 Å². The first-order valence-corrected chi connectivity index (χ1v) is 19.2. The molecule has 0 saturated heterocycles. The van der Waals surface area contributed by atoms with E-state index in [1.54, 1.807) is 33.7 Å². The molecule has 0 radical (unpaired) electrons. The van der Waals surface area contributed by atoms with E-state index in [4.69, 9.17) is 0 Å². The maximum absolute atomic E-state index is 13.8. The minimum Gasteiger partial charge on any atom is -0.335 e. The highest BCUT2D eigenvalue weighted by molar-refractivity contribution is 8.12. The second kappa shape index (κ2) is 14.4. The van der Waals surface area contributed by atoms with Crippen LogP contribution in [0.2, 0.25) is 0 Å². The molecule has 0 unspecified atom stereocenters. The zero-order valence-corrected chi connectivity index (χ0v) is 29.0. The van der Waals surface area contributed by atoms with Gasteiger partial charge in [-0.15, -0.1) is 17.9 Å². The van der Waals surface area contributed by atoms with Crippen molar-refractivity contribution in [1.29, 1.82) is 0 Å². The van der Waals surface area contributed by atoms with Crippen molar-refractivity contribution in [3.63, 3.8) is 0 Å². The number of thioether (sulfide) groups is 1. The second-order valence-electron chi connectivity index (χ2n) is 10.8. The number of hydrogen-bond acceptors (Lipinski definition) is 7. The average molecular weight is 701 g/mol. The van der Waals surface area contributed by atoms with Crippen molar-refractivity contribution in [2.45, 2.75) is 26.4 Å². The number of aromatic nitrogens is 2. The highest BCUT2D eigenvalue weighted by Gasteiger charge is 2.29. The molecule has 0 fully saturated rings. The molecule has 3 heterocycles. The summed E-state index contributed by atoms with van der Waals surface area (Å²) in [5.41, 5.74) is 4.31. The summed E-state index contributed by atoms with van der Waals surface area (Å²) < 4.78 is 38.3. The van der Waals surface area contributed by atoms with Gasteiger partial charge in [-0.3, -0.25) is 13.9 Å². The monoisotopic (exact) mass is 700 g/mol. The topological polar surface area (TPSA) is 83.5 Å². The Morgan fingerprint density at radius 3 is 2.28 bits per heavy atom. The summed E-state index contributed by atoms with van der Waals surface area (Å²) in [6.07, 6.45) is 7.92. The van der Waals surface area contributed by atoms with Gasteiger partial charge in [-0.25, -0.2) is 0 Å². The van der Waals surface area contributed by atoms with Crippen molar-refractivity contribution in [1.82, 2.24) is 9.47 Å². The molecule has 1 N–H and O–H groups in total. The van der Waals surface area contributed by atoms with Crippen LogP contribution in [0.3, 0.4) is 0 Å². The van der Waals surface area contributed by atoms with Crippen molar-refractivity contribution in [2.24, 2.45) is 0 Å². The van der Waals surface area contributed by atoms with E-state index in [-0.39, 0.29) is 17.7 Å². The Bertz CT molecular complexity index is 2280. The maximum Gasteiger partial charge on any atom is 0.269 e. The van der Waals surface area contributed by atoms with Crippen molar-refractivity contribution in [3.8, 4) is 0 Å². The number of nitrogens with zero attached hydrogens (tertiary/aromatic N) is 3. The van der Waals surface area contributed by atoms with Crippen molar-refractivity contribution >= 4 is 77.5 Å². The number of hydrogen-bond donors (Lipinski definition) is 1. The van der Waals surface area contributed by atoms with Crippen molar-refractivity contribution < 1.29 is 17.5 Å². The molecule has 11 heteroatoms. The van der Waals surface area contributed by atoms with Crippen LogP contribution in [0.15, 0.2) is 113 Å². The summed E-state index contributed by atoms with van der Waals surface area (Å²) in [5.74, 6) is -0.322. The normalized spacial score (nSPS) is 15.4. The van der Waals surface area contributed by atoms with E-state index in [9.17, 15) is 17.8 Å². The lowest BCUT2D eigenvalue weighted by Crippen LogP contribution is -2.37. The molecule has 47 heavy (non-hydrogen) atoms. The molecule has 0 aliphatic carbocycles. The third-order valence-electron chi connectivity index (χ3n) is 7.65. The Morgan fingerprint density at radius 1 is 0.915 bits per heavy atom. The van der Waals surface area contributed by atoms with Crippen LogP contribution in [0, 0.1) is 0 Å². The number of fused-ring (bicyclic) bond motifs is 1. The van der Waals surface area contributed by atoms with Gasteiger partial charge >= 0.3 is 0 Å². The molecule has 3 aromatic carbocycles. The number of allylic oxidation sites excluding steroid dienone is 2. The van der Waals surface area contributed by atoms with Gasteiger partial charge in [-0.1, -0.05) is 102 Å². The summed E-state index contributed by atoms with van der Waals surface area (Å²) in [6.45, 7) is 7.54. The summed E-state index contributed by atoms with van der Waals surface area (Å²) in [5, 5.41) is 1.93. The van der Waals surface area contributed by atoms with E-state index in [0.717, 1.165) is 48.3 Å². The summed E-state index contributed by atoms with van der Waals surface area (Å²) in [7, 11) is -4.07. The summed E-state index contributed by atoms with van der Waals surface area (Å²) in [6, 6.07) is 28.7. The molecule has 0 saturated carbocycles. The Kier molecular flexibility index (Phi) is 10.1. The molecular formula is C36H34N3O4S4+. The zero-order chi connectivity index (χ0) is 33.0. The third-order valence-corrected chi connectivity index (χ3v) is 11.8. The standard InChI is InChI=1S/C36H33N3O4S4/c1-3-22-39-33(25-32-38(23-13-24-47(41,42)43)28-18-11-12-19-29(28)44-32)45-30(36(39)40)20-21-31-37(4-2)34(26-14-7-5-8-15-26)35(46-31)27-16-9-6-10-17-27/h3,5-12,14-21,25H,1,4,13,22-24H2,2H3/p+1/b30-20+,31-21-. The van der Waals surface area contributed by atoms with Gasteiger partial charge in [0.2, 0.25) is 5.52 Å². The molecule has 0 bridgehead atoms. The first-order valence-electron chi connectivity index (χ1n) is 15.2. The predicted octanol–water partition coefficient (Wildman–Crippen LogP) is 5.92. The molecule has 7 nitrogen and oxygen atoms in total. The van der Waals surface area contributed by atoms with Crippen LogP contribution in [0.25, 0.3) is 33.0 Å². The largest absolute Gasteiger partial charge is 0.335 e. The maximum atomic E-state index is 13.8. The van der Waals surface area contributed by atoms with Crippen LogP contribution in [0.1, 0.15) is 29.5 Å². The van der Waals surface area contributed by atoms with E-state index in [2.05, 4.69) is 71.5 Å². The first-order chi connectivity index (χ1) is 22.8. The highest BCUT2D eigenvalue weighted by Crippen LogP contribution is 2.50. The van der Waals surface area contributed by atoms with Gasteiger partial charge in [0.05, 0.1) is 27.1 Å². The molecule has 1 aliphatic heterocycles. The predicted molar refractivity (Wildman–Crippen MR) is 197 cm³/mol. The minimum atomic E-state index is -4.07. The van der Waals surface area contributed by atoms with Gasteiger partial charge in [0.15, 0.2) is 6.54 Å². The molecule has 0 amide bonds. The lowest BCUT2D eigenvalue weighted by atomic mass is 10.1. The Hall–Kier alpha value is -4.00. The van der Waals surface area contributed by atoms with Crippen LogP contribution < -0.4 is 19.3 Å². The SMILES string of the molecule is C=CCn1c(=Cc2sc3ccccc3[n+]2CCCS(=O)(=O)O)s/c(=C/C=C2\SC(c3ccccc3)=C(c3ccccc3)N2CC)c1=O. The fourth-order valence-electron chi connectivity index (χ4n) is 5.55. The molecule has 0 spiro atoms. The molecule has 2 aromatic heterocycles. The van der Waals surface area contributed by atoms with Crippen LogP contribution in [-0.4, -0.2) is 34.7 Å². The van der Waals surface area contributed by atoms with Gasteiger partial charge < -0.3 is 4.90 Å². The van der Waals surface area contributed by atoms with E-state index in [1.807, 2.05) is 54.6 Å². The Labute approximate surface area is 286 Å². The number of benzene rings is 3. The van der Waals surface area contributed by atoms with Gasteiger partial charge in [-0.05, 0) is 36.3 Å². The molecule has 0 atom stereocenters. The molecule has 240 valence electrons. The zero-order valence-electron chi connectivity index (χ0n) is 25.8. The minimum absolute atomic E-state index is 0.0948. The second-order valence-corrected chi connectivity index (χ2v) is 15.5. The molecular weight excluding hydrogens is 667 g/mol. The van der Waals surface area contributed by atoms with Crippen LogP contribution in [0.5, 0.6) is 0 Å². The first kappa shape index (κ1) is 32.9. The van der Waals surface area contributed by atoms with Crippen LogP contribution in [-0.2, 0) is 23.2 Å². The van der Waals surface area contributed by atoms with Crippen molar-refractivity contribution in [3.05, 3.63) is 144 Å². The summed E-state index contributed by atoms with van der Waals surface area (Å²) in [4.78, 5) is 17.2. The van der Waals surface area contributed by atoms with Gasteiger partial charge in [0, 0.05) is 30.5 Å². The number of para-hydroxylation sites is 1. The Balaban J connectivity index is 1.43. The van der Waals surface area contributed by atoms with E-state index < -0.39 is 10.1 Å². The lowest BCUT2D eigenvalue weighted by Gasteiger charge is -2.21. The number of aryl methyl sites for hydroxylation is 1. The molecule has 1 aliphatic rings. The fourth-order valence-corrected chi connectivity index (χ4v) is 9.50. The number of thiazole rings is 2. The summed E-state index contributed by atoms with van der Waals surface area (Å²) >= 11 is 4.70. The van der Waals surface area contributed by atoms with E-state index >= 15 is 0 Å². The quantitative estimate of drug-likeness (QED) is 0.105. The smallest absolute Gasteiger partial charge is 0.269 e.